The molecule has 0 aliphatic carbocycles. The number of benzene rings is 1. The monoisotopic (exact) mass is 275 g/mol. The summed E-state index contributed by atoms with van der Waals surface area (Å²) < 4.78 is 0. The highest BCUT2D eigenvalue weighted by molar-refractivity contribution is 5.27. The van der Waals surface area contributed by atoms with Crippen molar-refractivity contribution >= 4 is 0 Å². The number of rotatable bonds is 4. The number of nitrogens with zero attached hydrogens (tertiary/aromatic N) is 2. The van der Waals surface area contributed by atoms with Crippen LogP contribution in [0, 0.1) is 5.92 Å². The quantitative estimate of drug-likeness (QED) is 0.914. The fraction of sp³-hybridized carbons (Fsp3) is 0.647. The number of hydrogen-bond acceptors (Lipinski definition) is 3. The first kappa shape index (κ1) is 15.5. The van der Waals surface area contributed by atoms with Crippen molar-refractivity contribution in [3.05, 3.63) is 35.9 Å². The van der Waals surface area contributed by atoms with Crippen LogP contribution < -0.4 is 5.73 Å². The molecule has 1 saturated heterocycles. The Labute approximate surface area is 123 Å². The molecule has 20 heavy (non-hydrogen) atoms. The zero-order chi connectivity index (χ0) is 14.8. The Morgan fingerprint density at radius 3 is 2.05 bits per heavy atom. The smallest absolute Gasteiger partial charge is 0.0587 e. The molecule has 1 aromatic rings. The second-order valence-electron chi connectivity index (χ2n) is 6.47. The molecule has 2 N–H and O–H groups in total. The predicted molar refractivity (Wildman–Crippen MR) is 85.7 cm³/mol. The molecule has 1 aromatic carbocycles. The summed E-state index contributed by atoms with van der Waals surface area (Å²) in [5.74, 6) is 0.402. The lowest BCUT2D eigenvalue weighted by molar-refractivity contribution is 0.0573. The first-order valence-corrected chi connectivity index (χ1v) is 7.73. The van der Waals surface area contributed by atoms with Gasteiger partial charge in [-0.3, -0.25) is 4.90 Å². The number of hydrogen-bond donors (Lipinski definition) is 1. The average molecular weight is 275 g/mol. The topological polar surface area (TPSA) is 32.5 Å². The van der Waals surface area contributed by atoms with Gasteiger partial charge in [0.2, 0.25) is 0 Å². The zero-order valence-corrected chi connectivity index (χ0v) is 13.3. The molecular weight excluding hydrogens is 246 g/mol. The highest BCUT2D eigenvalue weighted by Crippen LogP contribution is 2.33. The second kappa shape index (κ2) is 6.25. The molecule has 2 atom stereocenters. The molecule has 0 spiro atoms. The standard InChI is InChI=1S/C17H29N3/c1-14(2)17(18,16-8-6-5-7-9-16)15(3)20-12-10-19(4)11-13-20/h5-9,14-15H,10-13,18H2,1-4H3. The molecule has 2 unspecified atom stereocenters. The Kier molecular flexibility index (Phi) is 4.84. The molecule has 1 aliphatic heterocycles. The molecule has 0 amide bonds. The molecule has 1 aliphatic rings. The van der Waals surface area contributed by atoms with E-state index in [0.717, 1.165) is 26.2 Å². The van der Waals surface area contributed by atoms with Gasteiger partial charge in [-0.15, -0.1) is 0 Å². The Hall–Kier alpha value is -0.900. The lowest BCUT2D eigenvalue weighted by Crippen LogP contribution is -2.61. The lowest BCUT2D eigenvalue weighted by Gasteiger charge is -2.47. The van der Waals surface area contributed by atoms with Crippen molar-refractivity contribution < 1.29 is 0 Å². The molecule has 0 aromatic heterocycles. The molecule has 0 bridgehead atoms. The van der Waals surface area contributed by atoms with E-state index in [1.165, 1.54) is 5.56 Å². The minimum absolute atomic E-state index is 0.294. The van der Waals surface area contributed by atoms with Gasteiger partial charge in [0.25, 0.3) is 0 Å². The van der Waals surface area contributed by atoms with E-state index < -0.39 is 0 Å². The fourth-order valence-electron chi connectivity index (χ4n) is 3.30. The first-order chi connectivity index (χ1) is 9.46. The van der Waals surface area contributed by atoms with Crippen LogP contribution in [0.3, 0.4) is 0 Å². The van der Waals surface area contributed by atoms with E-state index in [2.05, 4.69) is 68.0 Å². The number of likely N-dealkylation sites (N-methyl/N-ethyl adjacent to an activating group) is 1. The Balaban J connectivity index is 2.24. The van der Waals surface area contributed by atoms with Crippen molar-refractivity contribution in [1.82, 2.24) is 9.80 Å². The molecule has 112 valence electrons. The fourth-order valence-corrected chi connectivity index (χ4v) is 3.30. The van der Waals surface area contributed by atoms with Gasteiger partial charge < -0.3 is 10.6 Å². The van der Waals surface area contributed by atoms with E-state index in [1.54, 1.807) is 0 Å². The van der Waals surface area contributed by atoms with Gasteiger partial charge in [-0.05, 0) is 25.5 Å². The molecular formula is C17H29N3. The van der Waals surface area contributed by atoms with Crippen LogP contribution in [0.1, 0.15) is 26.3 Å². The summed E-state index contributed by atoms with van der Waals surface area (Å²) in [5, 5.41) is 0. The van der Waals surface area contributed by atoms with Crippen LogP contribution in [0.5, 0.6) is 0 Å². The molecule has 1 heterocycles. The average Bonchev–Trinajstić information content (AvgIpc) is 2.47. The summed E-state index contributed by atoms with van der Waals surface area (Å²) in [6, 6.07) is 10.9. The maximum atomic E-state index is 6.92. The van der Waals surface area contributed by atoms with Crippen LogP contribution in [0.15, 0.2) is 30.3 Å². The number of piperazine rings is 1. The third kappa shape index (κ3) is 2.90. The predicted octanol–water partition coefficient (Wildman–Crippen LogP) is 2.13. The van der Waals surface area contributed by atoms with E-state index in [0.29, 0.717) is 12.0 Å². The minimum atomic E-state index is -0.294. The van der Waals surface area contributed by atoms with Crippen molar-refractivity contribution in [2.24, 2.45) is 11.7 Å². The van der Waals surface area contributed by atoms with E-state index in [1.807, 2.05) is 0 Å². The van der Waals surface area contributed by atoms with Crippen molar-refractivity contribution in [1.29, 1.82) is 0 Å². The van der Waals surface area contributed by atoms with Crippen molar-refractivity contribution in [3.63, 3.8) is 0 Å². The van der Waals surface area contributed by atoms with Gasteiger partial charge in [0.05, 0.1) is 5.54 Å². The maximum absolute atomic E-state index is 6.92. The van der Waals surface area contributed by atoms with E-state index in [-0.39, 0.29) is 5.54 Å². The van der Waals surface area contributed by atoms with Gasteiger partial charge >= 0.3 is 0 Å². The Morgan fingerprint density at radius 2 is 1.55 bits per heavy atom. The SMILES string of the molecule is CC(C)C(N)(c1ccccc1)C(C)N1CCN(C)CC1. The summed E-state index contributed by atoms with van der Waals surface area (Å²) in [7, 11) is 2.19. The highest BCUT2D eigenvalue weighted by Gasteiger charge is 2.40. The normalized spacial score (nSPS) is 22.7. The zero-order valence-electron chi connectivity index (χ0n) is 13.3. The van der Waals surface area contributed by atoms with Crippen LogP contribution >= 0.6 is 0 Å². The summed E-state index contributed by atoms with van der Waals surface area (Å²) in [6.45, 7) is 11.2. The van der Waals surface area contributed by atoms with E-state index >= 15 is 0 Å². The summed E-state index contributed by atoms with van der Waals surface area (Å²) >= 11 is 0. The van der Waals surface area contributed by atoms with Crippen LogP contribution in [0.4, 0.5) is 0 Å². The minimum Gasteiger partial charge on any atom is -0.320 e. The largest absolute Gasteiger partial charge is 0.320 e. The van der Waals surface area contributed by atoms with Crippen molar-refractivity contribution in [2.45, 2.75) is 32.4 Å². The van der Waals surface area contributed by atoms with Gasteiger partial charge in [0.1, 0.15) is 0 Å². The first-order valence-electron chi connectivity index (χ1n) is 7.73. The second-order valence-corrected chi connectivity index (χ2v) is 6.47. The molecule has 3 heteroatoms. The Morgan fingerprint density at radius 1 is 1.00 bits per heavy atom. The third-order valence-corrected chi connectivity index (χ3v) is 5.01. The van der Waals surface area contributed by atoms with Gasteiger partial charge in [0.15, 0.2) is 0 Å². The van der Waals surface area contributed by atoms with Crippen LogP contribution in [0.25, 0.3) is 0 Å². The molecule has 3 nitrogen and oxygen atoms in total. The van der Waals surface area contributed by atoms with Gasteiger partial charge in [0, 0.05) is 32.2 Å². The third-order valence-electron chi connectivity index (χ3n) is 5.01. The van der Waals surface area contributed by atoms with Gasteiger partial charge in [-0.1, -0.05) is 44.2 Å². The van der Waals surface area contributed by atoms with E-state index in [4.69, 9.17) is 5.73 Å². The summed E-state index contributed by atoms with van der Waals surface area (Å²) in [6.07, 6.45) is 0. The highest BCUT2D eigenvalue weighted by atomic mass is 15.3. The summed E-state index contributed by atoms with van der Waals surface area (Å²) in [5.41, 5.74) is 7.87. The van der Waals surface area contributed by atoms with E-state index in [9.17, 15) is 0 Å². The van der Waals surface area contributed by atoms with Crippen LogP contribution in [0.2, 0.25) is 0 Å². The molecule has 0 radical (unpaired) electrons. The van der Waals surface area contributed by atoms with Crippen LogP contribution in [-0.4, -0.2) is 49.1 Å². The molecule has 2 rings (SSSR count). The van der Waals surface area contributed by atoms with Crippen molar-refractivity contribution in [2.75, 3.05) is 33.2 Å². The Bertz CT molecular complexity index is 410. The summed E-state index contributed by atoms with van der Waals surface area (Å²) in [4.78, 5) is 4.94. The molecule has 0 saturated carbocycles. The van der Waals surface area contributed by atoms with Crippen molar-refractivity contribution in [3.8, 4) is 0 Å². The molecule has 1 fully saturated rings. The van der Waals surface area contributed by atoms with Gasteiger partial charge in [-0.25, -0.2) is 0 Å². The lowest BCUT2D eigenvalue weighted by atomic mass is 9.75. The van der Waals surface area contributed by atoms with Crippen LogP contribution in [-0.2, 0) is 5.54 Å². The van der Waals surface area contributed by atoms with Gasteiger partial charge in [-0.2, -0.15) is 0 Å². The number of nitrogens with two attached hydrogens (primary N) is 1. The maximum Gasteiger partial charge on any atom is 0.0587 e.